The van der Waals surface area contributed by atoms with Gasteiger partial charge < -0.3 is 5.73 Å². The van der Waals surface area contributed by atoms with Gasteiger partial charge in [0.1, 0.15) is 4.90 Å². The normalized spacial score (nSPS) is 16.1. The van der Waals surface area contributed by atoms with Crippen LogP contribution in [-0.2, 0) is 10.0 Å². The fraction of sp³-hybridized carbons (Fsp3) is 0.538. The minimum atomic E-state index is -3.44. The Kier molecular flexibility index (Phi) is 3.92. The number of hydrogen-bond acceptors (Lipinski definition) is 3. The van der Waals surface area contributed by atoms with Crippen molar-refractivity contribution in [1.29, 1.82) is 0 Å². The number of anilines is 1. The number of benzene rings is 1. The van der Waals surface area contributed by atoms with Crippen molar-refractivity contribution in [2.24, 2.45) is 5.92 Å². The summed E-state index contributed by atoms with van der Waals surface area (Å²) in [4.78, 5) is 0.235. The van der Waals surface area contributed by atoms with Crippen LogP contribution in [0.25, 0.3) is 0 Å². The summed E-state index contributed by atoms with van der Waals surface area (Å²) < 4.78 is 26.7. The molecular formula is C13H20N2O2S. The average Bonchev–Trinajstić information content (AvgIpc) is 3.13. The lowest BCUT2D eigenvalue weighted by atomic mass is 10.3. The average molecular weight is 268 g/mol. The maximum atomic E-state index is 12.6. The van der Waals surface area contributed by atoms with Crippen LogP contribution in [0.3, 0.4) is 0 Å². The molecule has 0 saturated heterocycles. The lowest BCUT2D eigenvalue weighted by molar-refractivity contribution is 0.396. The van der Waals surface area contributed by atoms with E-state index >= 15 is 0 Å². The van der Waals surface area contributed by atoms with Crippen LogP contribution in [0.1, 0.15) is 26.2 Å². The molecule has 1 aromatic carbocycles. The Morgan fingerprint density at radius 2 is 2.00 bits per heavy atom. The van der Waals surface area contributed by atoms with E-state index in [-0.39, 0.29) is 4.90 Å². The Balaban J connectivity index is 2.28. The molecular weight excluding hydrogens is 248 g/mol. The second-order valence-electron chi connectivity index (χ2n) is 4.84. The Hall–Kier alpha value is -1.07. The molecule has 0 aliphatic heterocycles. The van der Waals surface area contributed by atoms with Gasteiger partial charge >= 0.3 is 0 Å². The van der Waals surface area contributed by atoms with Gasteiger partial charge in [0, 0.05) is 13.1 Å². The highest BCUT2D eigenvalue weighted by molar-refractivity contribution is 7.89. The monoisotopic (exact) mass is 268 g/mol. The van der Waals surface area contributed by atoms with Crippen molar-refractivity contribution in [3.05, 3.63) is 24.3 Å². The molecule has 1 aliphatic carbocycles. The summed E-state index contributed by atoms with van der Waals surface area (Å²) in [5.41, 5.74) is 6.11. The molecule has 0 heterocycles. The Labute approximate surface area is 109 Å². The van der Waals surface area contributed by atoms with Crippen LogP contribution in [-0.4, -0.2) is 25.8 Å². The number of nitrogens with two attached hydrogens (primary N) is 1. The molecule has 0 spiro atoms. The second-order valence-corrected chi connectivity index (χ2v) is 6.75. The van der Waals surface area contributed by atoms with Gasteiger partial charge in [-0.2, -0.15) is 4.31 Å². The molecule has 18 heavy (non-hydrogen) atoms. The molecule has 0 bridgehead atoms. The van der Waals surface area contributed by atoms with Crippen molar-refractivity contribution >= 4 is 15.7 Å². The number of nitrogens with zero attached hydrogens (tertiary/aromatic N) is 1. The van der Waals surface area contributed by atoms with Gasteiger partial charge in [-0.15, -0.1) is 0 Å². The van der Waals surface area contributed by atoms with E-state index in [1.165, 1.54) is 0 Å². The van der Waals surface area contributed by atoms with Gasteiger partial charge in [-0.1, -0.05) is 19.1 Å². The molecule has 0 unspecified atom stereocenters. The van der Waals surface area contributed by atoms with Crippen LogP contribution in [0, 0.1) is 5.92 Å². The minimum absolute atomic E-state index is 0.235. The first kappa shape index (κ1) is 13.4. The van der Waals surface area contributed by atoms with E-state index in [0.29, 0.717) is 24.7 Å². The van der Waals surface area contributed by atoms with E-state index in [4.69, 9.17) is 5.73 Å². The van der Waals surface area contributed by atoms with Crippen LogP contribution < -0.4 is 5.73 Å². The highest BCUT2D eigenvalue weighted by Crippen LogP contribution is 2.32. The largest absolute Gasteiger partial charge is 0.398 e. The highest BCUT2D eigenvalue weighted by atomic mass is 32.2. The van der Waals surface area contributed by atoms with E-state index in [1.54, 1.807) is 28.6 Å². The molecule has 5 heteroatoms. The summed E-state index contributed by atoms with van der Waals surface area (Å²) in [6.45, 7) is 3.18. The maximum absolute atomic E-state index is 12.6. The Bertz CT molecular complexity index is 509. The number of hydrogen-bond donors (Lipinski definition) is 1. The van der Waals surface area contributed by atoms with E-state index in [2.05, 4.69) is 0 Å². The van der Waals surface area contributed by atoms with Crippen molar-refractivity contribution in [3.63, 3.8) is 0 Å². The quantitative estimate of drug-likeness (QED) is 0.803. The van der Waals surface area contributed by atoms with Gasteiger partial charge in [0.25, 0.3) is 0 Å². The first-order chi connectivity index (χ1) is 8.55. The molecule has 100 valence electrons. The first-order valence-electron chi connectivity index (χ1n) is 6.40. The zero-order chi connectivity index (χ0) is 13.2. The minimum Gasteiger partial charge on any atom is -0.398 e. The molecule has 2 rings (SSSR count). The van der Waals surface area contributed by atoms with E-state index in [0.717, 1.165) is 19.3 Å². The van der Waals surface area contributed by atoms with Crippen molar-refractivity contribution in [2.45, 2.75) is 31.1 Å². The van der Waals surface area contributed by atoms with E-state index < -0.39 is 10.0 Å². The summed E-state index contributed by atoms with van der Waals surface area (Å²) in [6.07, 6.45) is 3.10. The summed E-state index contributed by atoms with van der Waals surface area (Å²) in [7, 11) is -3.44. The van der Waals surface area contributed by atoms with Gasteiger partial charge in [-0.05, 0) is 37.3 Å². The Morgan fingerprint density at radius 3 is 2.56 bits per heavy atom. The molecule has 1 fully saturated rings. The summed E-state index contributed by atoms with van der Waals surface area (Å²) in [5, 5.41) is 0. The van der Waals surface area contributed by atoms with Gasteiger partial charge in [0.05, 0.1) is 5.69 Å². The second kappa shape index (κ2) is 5.28. The van der Waals surface area contributed by atoms with Crippen LogP contribution in [0.15, 0.2) is 29.2 Å². The van der Waals surface area contributed by atoms with Crippen molar-refractivity contribution in [3.8, 4) is 0 Å². The predicted molar refractivity (Wildman–Crippen MR) is 72.6 cm³/mol. The van der Waals surface area contributed by atoms with Gasteiger partial charge in [0.2, 0.25) is 10.0 Å². The van der Waals surface area contributed by atoms with Crippen molar-refractivity contribution in [1.82, 2.24) is 4.31 Å². The molecule has 1 aromatic rings. The smallest absolute Gasteiger partial charge is 0.245 e. The maximum Gasteiger partial charge on any atom is 0.245 e. The van der Waals surface area contributed by atoms with Gasteiger partial charge in [0.15, 0.2) is 0 Å². The van der Waals surface area contributed by atoms with Crippen LogP contribution in [0.2, 0.25) is 0 Å². The molecule has 1 saturated carbocycles. The molecule has 0 aromatic heterocycles. The number of rotatable bonds is 6. The molecule has 2 N–H and O–H groups in total. The lowest BCUT2D eigenvalue weighted by Gasteiger charge is -2.22. The van der Waals surface area contributed by atoms with Crippen LogP contribution in [0.4, 0.5) is 5.69 Å². The number of nitrogen functional groups attached to an aromatic ring is 1. The molecule has 0 radical (unpaired) electrons. The number of para-hydroxylation sites is 1. The van der Waals surface area contributed by atoms with Crippen LogP contribution in [0.5, 0.6) is 0 Å². The third-order valence-corrected chi connectivity index (χ3v) is 5.11. The zero-order valence-corrected chi connectivity index (χ0v) is 11.5. The molecule has 0 amide bonds. The van der Waals surface area contributed by atoms with Crippen LogP contribution >= 0.6 is 0 Å². The zero-order valence-electron chi connectivity index (χ0n) is 10.7. The van der Waals surface area contributed by atoms with E-state index in [9.17, 15) is 8.42 Å². The third kappa shape index (κ3) is 2.84. The Morgan fingerprint density at radius 1 is 1.33 bits per heavy atom. The summed E-state index contributed by atoms with van der Waals surface area (Å²) in [6, 6.07) is 6.68. The summed E-state index contributed by atoms with van der Waals surface area (Å²) in [5.74, 6) is 0.538. The van der Waals surface area contributed by atoms with Gasteiger partial charge in [-0.25, -0.2) is 8.42 Å². The third-order valence-electron chi connectivity index (χ3n) is 3.17. The van der Waals surface area contributed by atoms with E-state index in [1.807, 2.05) is 6.92 Å². The van der Waals surface area contributed by atoms with Crippen molar-refractivity contribution in [2.75, 3.05) is 18.8 Å². The summed E-state index contributed by atoms with van der Waals surface area (Å²) >= 11 is 0. The molecule has 0 atom stereocenters. The lowest BCUT2D eigenvalue weighted by Crippen LogP contribution is -2.34. The topological polar surface area (TPSA) is 63.4 Å². The highest BCUT2D eigenvalue weighted by Gasteiger charge is 2.31. The first-order valence-corrected chi connectivity index (χ1v) is 7.84. The SMILES string of the molecule is CCCN(CC1CC1)S(=O)(=O)c1ccccc1N. The molecule has 4 nitrogen and oxygen atoms in total. The van der Waals surface area contributed by atoms with Crippen molar-refractivity contribution < 1.29 is 8.42 Å². The van der Waals surface area contributed by atoms with Gasteiger partial charge in [-0.3, -0.25) is 0 Å². The fourth-order valence-corrected chi connectivity index (χ4v) is 3.73. The predicted octanol–water partition coefficient (Wildman–Crippen LogP) is 2.08. The fourth-order valence-electron chi connectivity index (χ4n) is 2.00. The standard InChI is InChI=1S/C13H20N2O2S/c1-2-9-15(10-11-7-8-11)18(16,17)13-6-4-3-5-12(13)14/h3-6,11H,2,7-10,14H2,1H3. The molecule has 1 aliphatic rings. The number of sulfonamides is 1.